The molecule has 0 N–H and O–H groups in total. The largest absolute Gasteiger partial charge is 0.376 e. The molecule has 0 radical (unpaired) electrons. The molecular formula is C60H49BN2S. The van der Waals surface area contributed by atoms with E-state index >= 15 is 0 Å². The second-order valence-electron chi connectivity index (χ2n) is 19.8. The van der Waals surface area contributed by atoms with Crippen molar-refractivity contribution >= 4 is 88.5 Å². The molecule has 0 atom stereocenters. The van der Waals surface area contributed by atoms with Crippen LogP contribution in [0.2, 0.25) is 0 Å². The number of hydrogen-bond acceptors (Lipinski definition) is 3. The van der Waals surface area contributed by atoms with Crippen LogP contribution in [0.25, 0.3) is 64.3 Å². The molecule has 0 amide bonds. The molecule has 0 bridgehead atoms. The zero-order valence-electron chi connectivity index (χ0n) is 37.3. The molecule has 12 rings (SSSR count). The van der Waals surface area contributed by atoms with Gasteiger partial charge in [-0.25, -0.2) is 0 Å². The highest BCUT2D eigenvalue weighted by Crippen LogP contribution is 2.52. The van der Waals surface area contributed by atoms with Crippen molar-refractivity contribution in [2.45, 2.75) is 52.4 Å². The van der Waals surface area contributed by atoms with Gasteiger partial charge in [-0.15, -0.1) is 11.3 Å². The summed E-state index contributed by atoms with van der Waals surface area (Å²) in [5.74, 6) is 0. The van der Waals surface area contributed by atoms with E-state index in [1.165, 1.54) is 115 Å². The van der Waals surface area contributed by atoms with E-state index in [1.54, 1.807) is 0 Å². The SMILES string of the molecule is CC(C)(C)c1ccc(N2B3c4cc5sc6ccccc6c5cc4N(c4ccc(C(C)(C)C)cc4-c4ccccc4)c4cc5ccccc5c(c43)-c3cc(-c4ccccc4)ccc32)cc1. The molecule has 0 saturated carbocycles. The third-order valence-electron chi connectivity index (χ3n) is 13.7. The van der Waals surface area contributed by atoms with E-state index in [4.69, 9.17) is 0 Å². The molecule has 0 fully saturated rings. The smallest absolute Gasteiger partial charge is 0.333 e. The molecule has 9 aromatic carbocycles. The molecule has 3 heterocycles. The highest BCUT2D eigenvalue weighted by Gasteiger charge is 2.46. The normalized spacial score (nSPS) is 13.4. The fourth-order valence-electron chi connectivity index (χ4n) is 10.5. The van der Waals surface area contributed by atoms with Crippen LogP contribution in [-0.4, -0.2) is 6.85 Å². The van der Waals surface area contributed by atoms with E-state index in [9.17, 15) is 0 Å². The van der Waals surface area contributed by atoms with Crippen molar-refractivity contribution in [3.63, 3.8) is 0 Å². The molecule has 2 aliphatic heterocycles. The summed E-state index contributed by atoms with van der Waals surface area (Å²) in [4.78, 5) is 5.29. The lowest BCUT2D eigenvalue weighted by Gasteiger charge is -2.46. The number of hydrogen-bond donors (Lipinski definition) is 0. The highest BCUT2D eigenvalue weighted by molar-refractivity contribution is 7.26. The van der Waals surface area contributed by atoms with Gasteiger partial charge in [0.2, 0.25) is 0 Å². The molecule has 2 nitrogen and oxygen atoms in total. The van der Waals surface area contributed by atoms with Crippen LogP contribution in [-0.2, 0) is 10.8 Å². The maximum Gasteiger partial charge on any atom is 0.333 e. The topological polar surface area (TPSA) is 6.48 Å². The minimum atomic E-state index is -0.111. The monoisotopic (exact) mass is 840 g/mol. The number of anilines is 5. The Bertz CT molecular complexity index is 3460. The number of thiophene rings is 1. The van der Waals surface area contributed by atoms with Crippen LogP contribution in [0.5, 0.6) is 0 Å². The fraction of sp³-hybridized carbons (Fsp3) is 0.133. The Morgan fingerprint density at radius 2 is 1.06 bits per heavy atom. The van der Waals surface area contributed by atoms with Gasteiger partial charge in [0.05, 0.1) is 5.69 Å². The lowest BCUT2D eigenvalue weighted by molar-refractivity contribution is 0.590. The zero-order valence-corrected chi connectivity index (χ0v) is 38.1. The van der Waals surface area contributed by atoms with Crippen LogP contribution in [0, 0.1) is 0 Å². The molecular weight excluding hydrogens is 792 g/mol. The summed E-state index contributed by atoms with van der Waals surface area (Å²) in [6.45, 7) is 13.8. The van der Waals surface area contributed by atoms with Crippen molar-refractivity contribution in [1.29, 1.82) is 0 Å². The number of benzene rings is 9. The van der Waals surface area contributed by atoms with Crippen molar-refractivity contribution in [3.05, 3.63) is 199 Å². The summed E-state index contributed by atoms with van der Waals surface area (Å²) in [5, 5.41) is 5.11. The summed E-state index contributed by atoms with van der Waals surface area (Å²) < 4.78 is 2.62. The van der Waals surface area contributed by atoms with E-state index in [-0.39, 0.29) is 17.7 Å². The van der Waals surface area contributed by atoms with Crippen molar-refractivity contribution in [2.24, 2.45) is 0 Å². The quantitative estimate of drug-likeness (QED) is 0.163. The van der Waals surface area contributed by atoms with E-state index in [1.807, 2.05) is 11.3 Å². The average Bonchev–Trinajstić information content (AvgIpc) is 3.68. The van der Waals surface area contributed by atoms with Crippen LogP contribution < -0.4 is 20.6 Å². The molecule has 0 spiro atoms. The minimum absolute atomic E-state index is 0.0277. The molecule has 0 saturated heterocycles. The Hall–Kier alpha value is -6.88. The Balaban J connectivity index is 1.24. The van der Waals surface area contributed by atoms with E-state index < -0.39 is 0 Å². The molecule has 0 aliphatic carbocycles. The Kier molecular flexibility index (Phi) is 8.68. The number of fused-ring (bicyclic) bond motifs is 9. The van der Waals surface area contributed by atoms with Crippen LogP contribution in [0.15, 0.2) is 188 Å². The molecule has 64 heavy (non-hydrogen) atoms. The van der Waals surface area contributed by atoms with Gasteiger partial charge in [-0.2, -0.15) is 0 Å². The molecule has 2 aliphatic rings. The molecule has 4 heteroatoms. The summed E-state index contributed by atoms with van der Waals surface area (Å²) >= 11 is 1.90. The predicted molar refractivity (Wildman–Crippen MR) is 279 cm³/mol. The highest BCUT2D eigenvalue weighted by atomic mass is 32.1. The Morgan fingerprint density at radius 1 is 0.422 bits per heavy atom. The predicted octanol–water partition coefficient (Wildman–Crippen LogP) is 15.8. The molecule has 308 valence electrons. The first kappa shape index (κ1) is 38.8. The molecule has 0 unspecified atom stereocenters. The standard InChI is InChI=1S/C60H49BN2S/c1-59(2,3)42-26-29-44(30-27-42)63-52-31-25-40(38-17-9-7-10-18-38)33-49(52)57-45-22-14-13-21-41(45)34-54-58(57)61(63)50-37-56-48(46-23-15-16-24-55(46)64-56)36-53(50)62(54)51-32-28-43(60(4,5)6)35-47(51)39-19-11-8-12-20-39/h7-37H,1-6H3. The number of rotatable bonds is 4. The summed E-state index contributed by atoms with van der Waals surface area (Å²) in [5.41, 5.74) is 18.8. The molecule has 10 aromatic rings. The third-order valence-corrected chi connectivity index (χ3v) is 14.9. The van der Waals surface area contributed by atoms with E-state index in [2.05, 4.69) is 239 Å². The van der Waals surface area contributed by atoms with Gasteiger partial charge >= 0.3 is 6.85 Å². The van der Waals surface area contributed by atoms with Crippen LogP contribution in [0.3, 0.4) is 0 Å². The lowest BCUT2D eigenvalue weighted by atomic mass is 9.43. The maximum absolute atomic E-state index is 2.66. The van der Waals surface area contributed by atoms with E-state index in [0.29, 0.717) is 0 Å². The van der Waals surface area contributed by atoms with Gasteiger partial charge < -0.3 is 9.71 Å². The van der Waals surface area contributed by atoms with Crippen LogP contribution >= 0.6 is 11.3 Å². The van der Waals surface area contributed by atoms with Gasteiger partial charge in [0.15, 0.2) is 0 Å². The van der Waals surface area contributed by atoms with Crippen molar-refractivity contribution in [1.82, 2.24) is 0 Å². The van der Waals surface area contributed by atoms with Gasteiger partial charge in [0.1, 0.15) is 0 Å². The third kappa shape index (κ3) is 6.07. The number of nitrogens with zero attached hydrogens (tertiary/aromatic N) is 2. The summed E-state index contributed by atoms with van der Waals surface area (Å²) in [7, 11) is 0. The average molecular weight is 841 g/mol. The van der Waals surface area contributed by atoms with Gasteiger partial charge in [0, 0.05) is 54.0 Å². The van der Waals surface area contributed by atoms with Crippen molar-refractivity contribution in [2.75, 3.05) is 9.71 Å². The first-order valence-electron chi connectivity index (χ1n) is 22.6. The van der Waals surface area contributed by atoms with Crippen molar-refractivity contribution < 1.29 is 0 Å². The summed E-state index contributed by atoms with van der Waals surface area (Å²) in [6, 6.07) is 71.2. The second-order valence-corrected chi connectivity index (χ2v) is 20.8. The summed E-state index contributed by atoms with van der Waals surface area (Å²) in [6.07, 6.45) is 0. The minimum Gasteiger partial charge on any atom is -0.376 e. The molecule has 1 aromatic heterocycles. The van der Waals surface area contributed by atoms with Crippen LogP contribution in [0.1, 0.15) is 52.7 Å². The first-order valence-corrected chi connectivity index (χ1v) is 23.4. The van der Waals surface area contributed by atoms with Gasteiger partial charge in [-0.3, -0.25) is 0 Å². The fourth-order valence-corrected chi connectivity index (χ4v) is 11.6. The zero-order chi connectivity index (χ0) is 43.5. The second kappa shape index (κ2) is 14.3. The van der Waals surface area contributed by atoms with Crippen molar-refractivity contribution in [3.8, 4) is 33.4 Å². The lowest BCUT2D eigenvalue weighted by Crippen LogP contribution is -2.61. The van der Waals surface area contributed by atoms with Gasteiger partial charge in [0.25, 0.3) is 0 Å². The Morgan fingerprint density at radius 3 is 1.80 bits per heavy atom. The van der Waals surface area contributed by atoms with E-state index in [0.717, 1.165) is 0 Å². The maximum atomic E-state index is 2.66. The Labute approximate surface area is 381 Å². The first-order chi connectivity index (χ1) is 31.0. The van der Waals surface area contributed by atoms with Gasteiger partial charge in [-0.05, 0) is 127 Å². The van der Waals surface area contributed by atoms with Gasteiger partial charge in [-0.1, -0.05) is 169 Å². The van der Waals surface area contributed by atoms with Crippen LogP contribution in [0.4, 0.5) is 28.4 Å².